The number of anilines is 1. The van der Waals surface area contributed by atoms with E-state index in [9.17, 15) is 23.2 Å². The molecule has 1 aliphatic rings. The molecule has 0 unspecified atom stereocenters. The second-order valence-corrected chi connectivity index (χ2v) is 9.47. The van der Waals surface area contributed by atoms with Crippen LogP contribution < -0.4 is 15.3 Å². The lowest BCUT2D eigenvalue weighted by molar-refractivity contribution is -0.274. The summed E-state index contributed by atoms with van der Waals surface area (Å²) in [5.41, 5.74) is 1.90. The topological polar surface area (TPSA) is 87.3 Å². The van der Waals surface area contributed by atoms with Crippen LogP contribution in [0.3, 0.4) is 0 Å². The molecule has 0 N–H and O–H groups in total. The SMILES string of the molecule is CC[C@H]1CN([C@@H](CC)c2ccc(OC(F)(F)F)cc2)[C@@H](CC)CN1c1nc(=O)n(C)c2ccc(C#N)nc12. The molecule has 0 spiro atoms. The molecule has 11 heteroatoms. The summed E-state index contributed by atoms with van der Waals surface area (Å²) in [7, 11) is 1.64. The van der Waals surface area contributed by atoms with Gasteiger partial charge in [-0.3, -0.25) is 9.47 Å². The number of halogens is 3. The van der Waals surface area contributed by atoms with Gasteiger partial charge in [-0.1, -0.05) is 32.9 Å². The number of hydrogen-bond donors (Lipinski definition) is 0. The van der Waals surface area contributed by atoms with E-state index >= 15 is 0 Å². The summed E-state index contributed by atoms with van der Waals surface area (Å²) in [5, 5.41) is 9.42. The Hall–Kier alpha value is -3.65. The molecule has 202 valence electrons. The molecule has 1 aromatic carbocycles. The molecule has 3 atom stereocenters. The Morgan fingerprint density at radius 2 is 1.74 bits per heavy atom. The van der Waals surface area contributed by atoms with Crippen LogP contribution >= 0.6 is 0 Å². The van der Waals surface area contributed by atoms with Crippen molar-refractivity contribution in [1.82, 2.24) is 19.4 Å². The summed E-state index contributed by atoms with van der Waals surface area (Å²) < 4.78 is 43.3. The molecule has 1 saturated heterocycles. The number of aryl methyl sites for hydroxylation is 1. The van der Waals surface area contributed by atoms with Gasteiger partial charge in [0, 0.05) is 38.3 Å². The largest absolute Gasteiger partial charge is 0.573 e. The number of rotatable bonds is 7. The van der Waals surface area contributed by atoms with Crippen LogP contribution in [0.2, 0.25) is 0 Å². The van der Waals surface area contributed by atoms with E-state index in [4.69, 9.17) is 0 Å². The van der Waals surface area contributed by atoms with E-state index in [1.807, 2.05) is 0 Å². The van der Waals surface area contributed by atoms with Gasteiger partial charge in [0.05, 0.1) is 5.52 Å². The smallest absolute Gasteiger partial charge is 0.406 e. The molecule has 4 rings (SSSR count). The van der Waals surface area contributed by atoms with Crippen LogP contribution in [0.4, 0.5) is 19.0 Å². The summed E-state index contributed by atoms with van der Waals surface area (Å²) in [6, 6.07) is 11.6. The lowest BCUT2D eigenvalue weighted by atomic mass is 9.95. The number of fused-ring (bicyclic) bond motifs is 1. The minimum Gasteiger partial charge on any atom is -0.406 e. The number of alkyl halides is 3. The fourth-order valence-electron chi connectivity index (χ4n) is 5.35. The molecule has 1 fully saturated rings. The number of hydrogen-bond acceptors (Lipinski definition) is 7. The van der Waals surface area contributed by atoms with Gasteiger partial charge < -0.3 is 9.64 Å². The van der Waals surface area contributed by atoms with E-state index in [1.165, 1.54) is 16.7 Å². The fraction of sp³-hybridized carbons (Fsp3) is 0.481. The van der Waals surface area contributed by atoms with Crippen LogP contribution in [-0.2, 0) is 7.05 Å². The minimum absolute atomic E-state index is 0.00671. The Labute approximate surface area is 219 Å². The van der Waals surface area contributed by atoms with Crippen molar-refractivity contribution < 1.29 is 17.9 Å². The molecule has 3 heterocycles. The van der Waals surface area contributed by atoms with Crippen molar-refractivity contribution in [3.63, 3.8) is 0 Å². The number of benzene rings is 1. The van der Waals surface area contributed by atoms with Gasteiger partial charge in [-0.25, -0.2) is 9.78 Å². The second-order valence-electron chi connectivity index (χ2n) is 9.47. The molecule has 8 nitrogen and oxygen atoms in total. The third kappa shape index (κ3) is 5.45. The van der Waals surface area contributed by atoms with Gasteiger partial charge in [-0.15, -0.1) is 13.2 Å². The van der Waals surface area contributed by atoms with Crippen LogP contribution in [-0.4, -0.2) is 51.0 Å². The van der Waals surface area contributed by atoms with Crippen LogP contribution in [0, 0.1) is 11.3 Å². The molecule has 0 amide bonds. The molecule has 2 aromatic heterocycles. The van der Waals surface area contributed by atoms with Crippen LogP contribution in [0.1, 0.15) is 57.3 Å². The van der Waals surface area contributed by atoms with Gasteiger partial charge in [0.2, 0.25) is 0 Å². The monoisotopic (exact) mass is 528 g/mol. The van der Waals surface area contributed by atoms with Crippen LogP contribution in [0.15, 0.2) is 41.2 Å². The predicted molar refractivity (Wildman–Crippen MR) is 138 cm³/mol. The normalized spacial score (nSPS) is 19.4. The molecule has 0 radical (unpaired) electrons. The van der Waals surface area contributed by atoms with Gasteiger partial charge in [-0.2, -0.15) is 10.2 Å². The van der Waals surface area contributed by atoms with Crippen molar-refractivity contribution in [3.05, 3.63) is 58.1 Å². The summed E-state index contributed by atoms with van der Waals surface area (Å²) in [5.74, 6) is 0.235. The molecular formula is C27H31F3N6O2. The maximum absolute atomic E-state index is 12.8. The summed E-state index contributed by atoms with van der Waals surface area (Å²) in [4.78, 5) is 26.2. The first-order chi connectivity index (χ1) is 18.1. The van der Waals surface area contributed by atoms with Crippen molar-refractivity contribution >= 4 is 16.9 Å². The Bertz CT molecular complexity index is 1380. The summed E-state index contributed by atoms with van der Waals surface area (Å²) >= 11 is 0. The average Bonchev–Trinajstić information content (AvgIpc) is 2.90. The Balaban J connectivity index is 1.69. The Morgan fingerprint density at radius 1 is 1.05 bits per heavy atom. The van der Waals surface area contributed by atoms with Crippen molar-refractivity contribution in [3.8, 4) is 11.8 Å². The second kappa shape index (κ2) is 11.0. The van der Waals surface area contributed by atoms with Gasteiger partial charge >= 0.3 is 12.1 Å². The minimum atomic E-state index is -4.73. The maximum Gasteiger partial charge on any atom is 0.573 e. The number of nitrogens with zero attached hydrogens (tertiary/aromatic N) is 6. The highest BCUT2D eigenvalue weighted by atomic mass is 19.4. The number of aromatic nitrogens is 3. The highest BCUT2D eigenvalue weighted by Crippen LogP contribution is 2.35. The number of nitriles is 1. The molecule has 1 aliphatic heterocycles. The van der Waals surface area contributed by atoms with Crippen molar-refractivity contribution in [2.24, 2.45) is 7.05 Å². The third-order valence-electron chi connectivity index (χ3n) is 7.29. The van der Waals surface area contributed by atoms with Gasteiger partial charge in [0.25, 0.3) is 0 Å². The van der Waals surface area contributed by atoms with Crippen molar-refractivity contribution in [2.45, 2.75) is 64.5 Å². The molecular weight excluding hydrogens is 497 g/mol. The van der Waals surface area contributed by atoms with Gasteiger partial charge in [0.1, 0.15) is 23.0 Å². The van der Waals surface area contributed by atoms with E-state index in [2.05, 4.69) is 51.3 Å². The lowest BCUT2D eigenvalue weighted by Crippen LogP contribution is -2.59. The third-order valence-corrected chi connectivity index (χ3v) is 7.29. The first-order valence-corrected chi connectivity index (χ1v) is 12.8. The number of piperazine rings is 1. The van der Waals surface area contributed by atoms with E-state index < -0.39 is 12.1 Å². The van der Waals surface area contributed by atoms with Crippen molar-refractivity contribution in [2.75, 3.05) is 18.0 Å². The molecule has 0 aliphatic carbocycles. The van der Waals surface area contributed by atoms with E-state index in [1.54, 1.807) is 31.3 Å². The Kier molecular flexibility index (Phi) is 7.92. The number of ether oxygens (including phenoxy) is 1. The Morgan fingerprint density at radius 3 is 2.32 bits per heavy atom. The van der Waals surface area contributed by atoms with Gasteiger partial charge in [-0.05, 0) is 49.1 Å². The fourth-order valence-corrected chi connectivity index (χ4v) is 5.35. The lowest BCUT2D eigenvalue weighted by Gasteiger charge is -2.49. The first kappa shape index (κ1) is 27.4. The molecule has 3 aromatic rings. The van der Waals surface area contributed by atoms with E-state index in [0.717, 1.165) is 24.8 Å². The predicted octanol–water partition coefficient (Wildman–Crippen LogP) is 4.93. The zero-order valence-electron chi connectivity index (χ0n) is 21.9. The summed E-state index contributed by atoms with van der Waals surface area (Å²) in [6.45, 7) is 7.49. The van der Waals surface area contributed by atoms with E-state index in [-0.39, 0.29) is 29.6 Å². The summed E-state index contributed by atoms with van der Waals surface area (Å²) in [6.07, 6.45) is -2.37. The van der Waals surface area contributed by atoms with Gasteiger partial charge in [0.15, 0.2) is 5.82 Å². The molecule has 38 heavy (non-hydrogen) atoms. The van der Waals surface area contributed by atoms with Crippen molar-refractivity contribution in [1.29, 1.82) is 5.26 Å². The highest BCUT2D eigenvalue weighted by Gasteiger charge is 2.38. The highest BCUT2D eigenvalue weighted by molar-refractivity contribution is 5.86. The quantitative estimate of drug-likeness (QED) is 0.430. The first-order valence-electron chi connectivity index (χ1n) is 12.8. The zero-order chi connectivity index (χ0) is 27.6. The van der Waals surface area contributed by atoms with Crippen LogP contribution in [0.25, 0.3) is 11.0 Å². The molecule has 0 bridgehead atoms. The number of pyridine rings is 1. The maximum atomic E-state index is 12.8. The van der Waals surface area contributed by atoms with Crippen LogP contribution in [0.5, 0.6) is 5.75 Å². The molecule has 0 saturated carbocycles. The van der Waals surface area contributed by atoms with E-state index in [0.29, 0.717) is 29.9 Å². The standard InChI is InChI=1S/C27H31F3N6O2/c1-5-19-16-36(25-24-23(34(4)26(37)33-25)13-10-18(14-31)32-24)20(6-2)15-35(19)22(7-3)17-8-11-21(12-9-17)38-27(28,29)30/h8-13,19-20,22H,5-7,15-16H2,1-4H3/t19-,20-,22-/m0/s1. The zero-order valence-corrected chi connectivity index (χ0v) is 21.9. The average molecular weight is 529 g/mol.